The van der Waals surface area contributed by atoms with Gasteiger partial charge in [0.05, 0.1) is 12.1 Å². The fraction of sp³-hybridized carbons (Fsp3) is 0.444. The highest BCUT2D eigenvalue weighted by Crippen LogP contribution is 2.45. The van der Waals surface area contributed by atoms with Crippen LogP contribution in [0.5, 0.6) is 0 Å². The van der Waals surface area contributed by atoms with E-state index in [4.69, 9.17) is 0 Å². The summed E-state index contributed by atoms with van der Waals surface area (Å²) in [5.41, 5.74) is 4.25. The smallest absolute Gasteiger partial charge is 0.304 e. The minimum atomic E-state index is -0.795. The fourth-order valence-electron chi connectivity index (χ4n) is 3.92. The average molecular weight is 314 g/mol. The molecule has 1 atom stereocenters. The van der Waals surface area contributed by atoms with Gasteiger partial charge in [-0.2, -0.15) is 0 Å². The molecule has 3 rings (SSSR count). The molecule has 1 unspecified atom stereocenters. The molecule has 1 aromatic heterocycles. The molecule has 2 aromatic rings. The van der Waals surface area contributed by atoms with Gasteiger partial charge in [-0.3, -0.25) is 4.79 Å². The summed E-state index contributed by atoms with van der Waals surface area (Å²) in [7, 11) is 0. The highest BCUT2D eigenvalue weighted by atomic mass is 16.4. The van der Waals surface area contributed by atoms with Crippen LogP contribution in [0.4, 0.5) is 0 Å². The Balaban J connectivity index is 2.34. The van der Waals surface area contributed by atoms with E-state index in [1.54, 1.807) is 0 Å². The van der Waals surface area contributed by atoms with Crippen LogP contribution >= 0.6 is 0 Å². The third-order valence-electron chi connectivity index (χ3n) is 5.25. The number of hydrogen-bond donors (Lipinski definition) is 3. The summed E-state index contributed by atoms with van der Waals surface area (Å²) in [6.45, 7) is 4.13. The Morgan fingerprint density at radius 2 is 2.17 bits per heavy atom. The molecule has 1 aliphatic carbocycles. The molecule has 0 bridgehead atoms. The van der Waals surface area contributed by atoms with Gasteiger partial charge >= 0.3 is 5.97 Å². The van der Waals surface area contributed by atoms with Gasteiger partial charge in [-0.05, 0) is 31.2 Å². The number of oxime groups is 1. The summed E-state index contributed by atoms with van der Waals surface area (Å²) >= 11 is 0. The van der Waals surface area contributed by atoms with Crippen LogP contribution in [0.25, 0.3) is 10.9 Å². The molecule has 1 heterocycles. The third kappa shape index (κ3) is 2.31. The van der Waals surface area contributed by atoms with Crippen molar-refractivity contribution in [3.63, 3.8) is 0 Å². The highest BCUT2D eigenvalue weighted by molar-refractivity contribution is 6.13. The number of benzene rings is 1. The van der Waals surface area contributed by atoms with Gasteiger partial charge in [-0.25, -0.2) is 0 Å². The molecule has 0 aliphatic heterocycles. The van der Waals surface area contributed by atoms with Crippen molar-refractivity contribution in [3.05, 3.63) is 35.0 Å². The first-order chi connectivity index (χ1) is 11.1. The number of carboxylic acids is 1. The molecule has 0 amide bonds. The Bertz CT molecular complexity index is 791. The van der Waals surface area contributed by atoms with E-state index in [0.29, 0.717) is 18.6 Å². The van der Waals surface area contributed by atoms with E-state index >= 15 is 0 Å². The molecule has 0 radical (unpaired) electrons. The predicted octanol–water partition coefficient (Wildman–Crippen LogP) is 3.82. The standard InChI is InChI=1S/C18H22N2O3/c1-3-11-6-5-7-12-15-13(20-23)8-9-18(4-2,10-14(21)22)17(15)19-16(11)12/h5-7,19,23H,3-4,8-10H2,1-2H3,(H,21,22)/b20-13+. The lowest BCUT2D eigenvalue weighted by Gasteiger charge is -2.35. The molecule has 0 fully saturated rings. The molecule has 5 heteroatoms. The fourth-order valence-corrected chi connectivity index (χ4v) is 3.92. The van der Waals surface area contributed by atoms with Crippen molar-refractivity contribution in [2.24, 2.45) is 5.16 Å². The maximum absolute atomic E-state index is 11.4. The Morgan fingerprint density at radius 1 is 1.39 bits per heavy atom. The molecule has 1 aliphatic rings. The largest absolute Gasteiger partial charge is 0.481 e. The second-order valence-corrected chi connectivity index (χ2v) is 6.32. The topological polar surface area (TPSA) is 85.7 Å². The first-order valence-electron chi connectivity index (χ1n) is 8.13. The molecular formula is C18H22N2O3. The number of H-pyrrole nitrogens is 1. The van der Waals surface area contributed by atoms with Crippen molar-refractivity contribution in [3.8, 4) is 0 Å². The van der Waals surface area contributed by atoms with E-state index in [1.807, 2.05) is 19.1 Å². The quantitative estimate of drug-likeness (QED) is 0.592. The van der Waals surface area contributed by atoms with Gasteiger partial charge in [0.1, 0.15) is 0 Å². The van der Waals surface area contributed by atoms with Gasteiger partial charge in [0.15, 0.2) is 0 Å². The van der Waals surface area contributed by atoms with Crippen LogP contribution in [0, 0.1) is 0 Å². The molecule has 0 spiro atoms. The van der Waals surface area contributed by atoms with Crippen LogP contribution in [0.2, 0.25) is 0 Å². The van der Waals surface area contributed by atoms with E-state index < -0.39 is 11.4 Å². The van der Waals surface area contributed by atoms with E-state index in [9.17, 15) is 15.1 Å². The minimum Gasteiger partial charge on any atom is -0.481 e. The van der Waals surface area contributed by atoms with Gasteiger partial charge in [-0.1, -0.05) is 37.2 Å². The van der Waals surface area contributed by atoms with Crippen molar-refractivity contribution < 1.29 is 15.1 Å². The number of nitrogens with zero attached hydrogens (tertiary/aromatic N) is 1. The number of hydrogen-bond acceptors (Lipinski definition) is 3. The molecule has 3 N–H and O–H groups in total. The van der Waals surface area contributed by atoms with Crippen molar-refractivity contribution >= 4 is 22.6 Å². The molecular weight excluding hydrogens is 292 g/mol. The van der Waals surface area contributed by atoms with Crippen molar-refractivity contribution in [1.29, 1.82) is 0 Å². The number of carbonyl (C=O) groups is 1. The van der Waals surface area contributed by atoms with Gasteiger partial charge in [0.25, 0.3) is 0 Å². The van der Waals surface area contributed by atoms with E-state index in [1.165, 1.54) is 5.56 Å². The lowest BCUT2D eigenvalue weighted by atomic mass is 9.69. The molecule has 5 nitrogen and oxygen atoms in total. The predicted molar refractivity (Wildman–Crippen MR) is 89.5 cm³/mol. The van der Waals surface area contributed by atoms with Crippen LogP contribution in [0.3, 0.4) is 0 Å². The zero-order valence-electron chi connectivity index (χ0n) is 13.5. The normalized spacial score (nSPS) is 22.4. The Hall–Kier alpha value is -2.30. The lowest BCUT2D eigenvalue weighted by molar-refractivity contribution is -0.138. The second-order valence-electron chi connectivity index (χ2n) is 6.32. The Kier molecular flexibility index (Phi) is 3.88. The van der Waals surface area contributed by atoms with Crippen LogP contribution in [0.1, 0.15) is 56.4 Å². The zero-order valence-corrected chi connectivity index (χ0v) is 13.5. The molecule has 122 valence electrons. The number of rotatable bonds is 4. The maximum Gasteiger partial charge on any atom is 0.304 e. The van der Waals surface area contributed by atoms with Gasteiger partial charge < -0.3 is 15.3 Å². The SMILES string of the molecule is CCc1cccc2c3c([nH]c12)C(CC)(CC(=O)O)CC/C3=N\O. The van der Waals surface area contributed by atoms with E-state index in [-0.39, 0.29) is 6.42 Å². The summed E-state index contributed by atoms with van der Waals surface area (Å²) in [5.74, 6) is -0.795. The van der Waals surface area contributed by atoms with Crippen LogP contribution in [-0.4, -0.2) is 27.0 Å². The lowest BCUT2D eigenvalue weighted by Crippen LogP contribution is -2.35. The molecule has 23 heavy (non-hydrogen) atoms. The van der Waals surface area contributed by atoms with E-state index in [2.05, 4.69) is 23.1 Å². The average Bonchev–Trinajstić information content (AvgIpc) is 2.95. The van der Waals surface area contributed by atoms with Gasteiger partial charge in [0.2, 0.25) is 0 Å². The minimum absolute atomic E-state index is 0.0868. The zero-order chi connectivity index (χ0) is 16.6. The monoisotopic (exact) mass is 314 g/mol. The number of nitrogens with one attached hydrogen (secondary N) is 1. The van der Waals surface area contributed by atoms with Crippen LogP contribution in [-0.2, 0) is 16.6 Å². The first kappa shape index (κ1) is 15.6. The Morgan fingerprint density at radius 3 is 2.78 bits per heavy atom. The van der Waals surface area contributed by atoms with E-state index in [0.717, 1.165) is 35.0 Å². The number of carboxylic acid groups (broad SMARTS) is 1. The highest BCUT2D eigenvalue weighted by Gasteiger charge is 2.41. The number of aromatic nitrogens is 1. The molecule has 1 aromatic carbocycles. The number of aromatic amines is 1. The second kappa shape index (κ2) is 5.72. The van der Waals surface area contributed by atoms with Crippen molar-refractivity contribution in [1.82, 2.24) is 4.98 Å². The van der Waals surface area contributed by atoms with Crippen LogP contribution < -0.4 is 0 Å². The first-order valence-corrected chi connectivity index (χ1v) is 8.13. The molecule has 0 saturated carbocycles. The van der Waals surface area contributed by atoms with Gasteiger partial charge in [-0.15, -0.1) is 0 Å². The van der Waals surface area contributed by atoms with Gasteiger partial charge in [0, 0.05) is 27.6 Å². The number of aliphatic carboxylic acids is 1. The summed E-state index contributed by atoms with van der Waals surface area (Å²) in [6, 6.07) is 6.09. The Labute approximate surface area is 135 Å². The number of para-hydroxylation sites is 1. The van der Waals surface area contributed by atoms with Crippen molar-refractivity contribution in [2.75, 3.05) is 0 Å². The number of aryl methyl sites for hydroxylation is 1. The maximum atomic E-state index is 11.4. The van der Waals surface area contributed by atoms with Crippen molar-refractivity contribution in [2.45, 2.75) is 51.4 Å². The summed E-state index contributed by atoms with van der Waals surface area (Å²) in [5, 5.41) is 23.3. The summed E-state index contributed by atoms with van der Waals surface area (Å²) < 4.78 is 0. The van der Waals surface area contributed by atoms with Crippen LogP contribution in [0.15, 0.2) is 23.4 Å². The number of fused-ring (bicyclic) bond motifs is 3. The summed E-state index contributed by atoms with van der Waals surface area (Å²) in [6.07, 6.45) is 2.98. The molecule has 0 saturated heterocycles. The third-order valence-corrected chi connectivity index (χ3v) is 5.25. The summed E-state index contributed by atoms with van der Waals surface area (Å²) in [4.78, 5) is 14.9.